The van der Waals surface area contributed by atoms with Crippen LogP contribution in [0.2, 0.25) is 0 Å². The van der Waals surface area contributed by atoms with E-state index < -0.39 is 34.3 Å². The molecule has 0 N–H and O–H groups in total. The minimum atomic E-state index is -5.73. The molecule has 0 spiro atoms. The molecule has 1 aromatic rings. The molecule has 0 bridgehead atoms. The highest BCUT2D eigenvalue weighted by Gasteiger charge is 2.73. The average Bonchev–Trinajstić information content (AvgIpc) is 2.34. The highest BCUT2D eigenvalue weighted by atomic mass is 19.4. The van der Waals surface area contributed by atoms with E-state index in [9.17, 15) is 36.5 Å². The molecule has 21 heavy (non-hydrogen) atoms. The monoisotopic (exact) mass is 313 g/mol. The van der Waals surface area contributed by atoms with E-state index in [-0.39, 0.29) is 11.6 Å². The minimum absolute atomic E-state index is 0.195. The summed E-state index contributed by atoms with van der Waals surface area (Å²) in [7, 11) is 0. The van der Waals surface area contributed by atoms with Crippen molar-refractivity contribution in [3.63, 3.8) is 0 Å². The van der Waals surface area contributed by atoms with Gasteiger partial charge in [-0.3, -0.25) is 10.1 Å². The van der Waals surface area contributed by atoms with E-state index in [0.29, 0.717) is 12.1 Å². The molecule has 0 saturated heterocycles. The van der Waals surface area contributed by atoms with Crippen molar-refractivity contribution in [2.75, 3.05) is 0 Å². The van der Waals surface area contributed by atoms with Gasteiger partial charge in [-0.2, -0.15) is 26.3 Å². The Morgan fingerprint density at radius 3 is 2.14 bits per heavy atom. The third kappa shape index (κ3) is 2.30. The van der Waals surface area contributed by atoms with Gasteiger partial charge in [0.25, 0.3) is 5.69 Å². The van der Waals surface area contributed by atoms with Crippen LogP contribution in [0.15, 0.2) is 24.3 Å². The molecule has 1 aliphatic heterocycles. The van der Waals surface area contributed by atoms with Crippen LogP contribution in [0.1, 0.15) is 5.56 Å². The summed E-state index contributed by atoms with van der Waals surface area (Å²) in [5.74, 6) is -0.738. The van der Waals surface area contributed by atoms with Crippen molar-refractivity contribution in [1.29, 1.82) is 0 Å². The summed E-state index contributed by atoms with van der Waals surface area (Å²) in [5.41, 5.74) is -5.19. The first-order valence-electron chi connectivity index (χ1n) is 5.28. The largest absolute Gasteiger partial charge is 0.464 e. The lowest BCUT2D eigenvalue weighted by molar-refractivity contribution is -0.384. The van der Waals surface area contributed by atoms with E-state index in [2.05, 4.69) is 4.74 Å². The number of hydrogen-bond donors (Lipinski definition) is 0. The lowest BCUT2D eigenvalue weighted by atomic mass is 9.96. The van der Waals surface area contributed by atoms with E-state index in [1.54, 1.807) is 0 Å². The fourth-order valence-corrected chi connectivity index (χ4v) is 1.75. The van der Waals surface area contributed by atoms with Gasteiger partial charge in [0.2, 0.25) is 0 Å². The zero-order chi connectivity index (χ0) is 16.1. The van der Waals surface area contributed by atoms with E-state index in [4.69, 9.17) is 0 Å². The van der Waals surface area contributed by atoms with Crippen molar-refractivity contribution in [3.05, 3.63) is 40.0 Å². The molecule has 4 nitrogen and oxygen atoms in total. The molecule has 10 heteroatoms. The number of ether oxygens (including phenoxy) is 1. The lowest BCUT2D eigenvalue weighted by Crippen LogP contribution is -2.60. The predicted octanol–water partition coefficient (Wildman–Crippen LogP) is 3.86. The molecule has 0 atom stereocenters. The Labute approximate surface area is 112 Å². The quantitative estimate of drug-likeness (QED) is 0.449. The summed E-state index contributed by atoms with van der Waals surface area (Å²) in [6.45, 7) is 0. The van der Waals surface area contributed by atoms with Gasteiger partial charge in [0.05, 0.1) is 4.92 Å². The summed E-state index contributed by atoms with van der Waals surface area (Å²) in [6.07, 6.45) is -11.2. The van der Waals surface area contributed by atoms with Crippen LogP contribution in [-0.2, 0) is 0 Å². The molecule has 0 aromatic heterocycles. The fraction of sp³-hybridized carbons (Fsp3) is 0.273. The summed E-state index contributed by atoms with van der Waals surface area (Å²) < 4.78 is 80.9. The van der Waals surface area contributed by atoms with Gasteiger partial charge in [-0.15, -0.1) is 0 Å². The topological polar surface area (TPSA) is 52.4 Å². The Bertz CT molecular complexity index is 605. The predicted molar refractivity (Wildman–Crippen MR) is 57.6 cm³/mol. The Morgan fingerprint density at radius 1 is 1.10 bits per heavy atom. The summed E-state index contributed by atoms with van der Waals surface area (Å²) in [6, 6.07) is 2.28. The summed E-state index contributed by atoms with van der Waals surface area (Å²) in [5, 5.41) is 10.5. The highest BCUT2D eigenvalue weighted by Crippen LogP contribution is 2.50. The minimum Gasteiger partial charge on any atom is -0.464 e. The first-order valence-corrected chi connectivity index (χ1v) is 5.28. The van der Waals surface area contributed by atoms with Gasteiger partial charge in [-0.25, -0.2) is 0 Å². The molecule has 1 aromatic carbocycles. The van der Waals surface area contributed by atoms with Crippen LogP contribution in [0.4, 0.5) is 32.0 Å². The molecule has 0 amide bonds. The number of non-ortho nitro benzene ring substituents is 1. The maximum atomic E-state index is 12.8. The number of nitro groups is 1. The Kier molecular flexibility index (Phi) is 3.15. The van der Waals surface area contributed by atoms with Crippen LogP contribution >= 0.6 is 0 Å². The zero-order valence-electron chi connectivity index (χ0n) is 9.83. The van der Waals surface area contributed by atoms with Crippen molar-refractivity contribution in [2.24, 2.45) is 0 Å². The number of rotatable bonds is 1. The van der Waals surface area contributed by atoms with E-state index in [1.807, 2.05) is 0 Å². The van der Waals surface area contributed by atoms with Crippen LogP contribution in [0.3, 0.4) is 0 Å². The molecule has 0 unspecified atom stereocenters. The van der Waals surface area contributed by atoms with Crippen LogP contribution in [0.25, 0.3) is 6.08 Å². The molecule has 1 heterocycles. The number of fused-ring (bicyclic) bond motifs is 1. The summed E-state index contributed by atoms with van der Waals surface area (Å²) >= 11 is 0. The Morgan fingerprint density at radius 2 is 1.67 bits per heavy atom. The van der Waals surface area contributed by atoms with Crippen LogP contribution in [-0.4, -0.2) is 22.9 Å². The van der Waals surface area contributed by atoms with E-state index in [0.717, 1.165) is 12.1 Å². The lowest BCUT2D eigenvalue weighted by Gasteiger charge is -2.37. The molecule has 0 aliphatic carbocycles. The fourth-order valence-electron chi connectivity index (χ4n) is 1.75. The first kappa shape index (κ1) is 15.1. The van der Waals surface area contributed by atoms with Crippen molar-refractivity contribution in [2.45, 2.75) is 18.0 Å². The number of nitrogens with zero attached hydrogens (tertiary/aromatic N) is 1. The number of alkyl halides is 6. The molecular weight excluding hydrogens is 308 g/mol. The molecule has 0 radical (unpaired) electrons. The first-order chi connectivity index (χ1) is 9.48. The van der Waals surface area contributed by atoms with Gasteiger partial charge < -0.3 is 4.74 Å². The Balaban J connectivity index is 2.55. The number of nitro benzene ring substituents is 1. The second-order valence-electron chi connectivity index (χ2n) is 4.15. The van der Waals surface area contributed by atoms with Crippen LogP contribution in [0, 0.1) is 10.1 Å². The van der Waals surface area contributed by atoms with Crippen molar-refractivity contribution < 1.29 is 36.0 Å². The number of hydrogen-bond acceptors (Lipinski definition) is 3. The molecule has 114 valence electrons. The van der Waals surface area contributed by atoms with Gasteiger partial charge in [-0.05, 0) is 12.1 Å². The number of benzene rings is 1. The number of halogens is 6. The molecule has 2 rings (SSSR count). The standard InChI is InChI=1S/C11H5F6NO3/c12-10(13,14)9(11(15,16)17)4-3-6-5-7(18(19)20)1-2-8(6)21-9/h1-5H. The average molecular weight is 313 g/mol. The molecule has 0 saturated carbocycles. The SMILES string of the molecule is O=[N+]([O-])c1ccc2c(c1)C=CC(C(F)(F)F)(C(F)(F)F)O2. The normalized spacial score (nSPS) is 17.0. The van der Waals surface area contributed by atoms with Gasteiger partial charge in [-0.1, -0.05) is 6.08 Å². The van der Waals surface area contributed by atoms with Gasteiger partial charge in [0.15, 0.2) is 0 Å². The second-order valence-corrected chi connectivity index (χ2v) is 4.15. The second kappa shape index (κ2) is 4.37. The maximum Gasteiger partial charge on any atom is 0.441 e. The zero-order valence-corrected chi connectivity index (χ0v) is 9.83. The molecule has 1 aliphatic rings. The van der Waals surface area contributed by atoms with Crippen LogP contribution in [0.5, 0.6) is 5.75 Å². The van der Waals surface area contributed by atoms with Crippen molar-refractivity contribution in [1.82, 2.24) is 0 Å². The molecular formula is C11H5F6NO3. The van der Waals surface area contributed by atoms with Gasteiger partial charge >= 0.3 is 18.0 Å². The smallest absolute Gasteiger partial charge is 0.441 e. The van der Waals surface area contributed by atoms with Crippen molar-refractivity contribution >= 4 is 11.8 Å². The molecule has 0 fully saturated rings. The third-order valence-electron chi connectivity index (χ3n) is 2.81. The maximum absolute atomic E-state index is 12.8. The van der Waals surface area contributed by atoms with E-state index in [1.165, 1.54) is 0 Å². The van der Waals surface area contributed by atoms with Crippen LogP contribution < -0.4 is 4.74 Å². The van der Waals surface area contributed by atoms with Crippen molar-refractivity contribution in [3.8, 4) is 5.75 Å². The Hall–Kier alpha value is -2.26. The third-order valence-corrected chi connectivity index (χ3v) is 2.81. The highest BCUT2D eigenvalue weighted by molar-refractivity contribution is 5.64. The van der Waals surface area contributed by atoms with Gasteiger partial charge in [0.1, 0.15) is 5.75 Å². The van der Waals surface area contributed by atoms with Gasteiger partial charge in [0, 0.05) is 17.7 Å². The summed E-state index contributed by atoms with van der Waals surface area (Å²) in [4.78, 5) is 9.68. The van der Waals surface area contributed by atoms with E-state index >= 15 is 0 Å².